The van der Waals surface area contributed by atoms with Crippen molar-refractivity contribution in [2.45, 2.75) is 26.4 Å². The molecular formula is C12H15BrN2OS. The molecule has 0 aliphatic rings. The summed E-state index contributed by atoms with van der Waals surface area (Å²) < 4.78 is 2.84. The second-order valence-electron chi connectivity index (χ2n) is 4.13. The van der Waals surface area contributed by atoms with Crippen molar-refractivity contribution in [1.29, 1.82) is 0 Å². The van der Waals surface area contributed by atoms with Gasteiger partial charge in [0.25, 0.3) is 0 Å². The normalized spacial score (nSPS) is 13.0. The molecule has 3 nitrogen and oxygen atoms in total. The Morgan fingerprint density at radius 2 is 2.24 bits per heavy atom. The second kappa shape index (κ2) is 4.92. The Morgan fingerprint density at radius 3 is 2.71 bits per heavy atom. The van der Waals surface area contributed by atoms with Gasteiger partial charge in [-0.05, 0) is 46.8 Å². The third-order valence-electron chi connectivity index (χ3n) is 3.00. The van der Waals surface area contributed by atoms with Gasteiger partial charge < -0.3 is 5.11 Å². The van der Waals surface area contributed by atoms with Gasteiger partial charge >= 0.3 is 0 Å². The van der Waals surface area contributed by atoms with Crippen LogP contribution in [0.1, 0.15) is 27.9 Å². The fourth-order valence-corrected chi connectivity index (χ4v) is 3.57. The van der Waals surface area contributed by atoms with Crippen molar-refractivity contribution in [1.82, 2.24) is 9.78 Å². The van der Waals surface area contributed by atoms with Crippen LogP contribution in [0, 0.1) is 13.8 Å². The number of halogens is 1. The number of hydrogen-bond donors (Lipinski definition) is 1. The van der Waals surface area contributed by atoms with Crippen LogP contribution >= 0.6 is 27.3 Å². The van der Waals surface area contributed by atoms with Crippen LogP contribution in [0.15, 0.2) is 15.9 Å². The summed E-state index contributed by atoms with van der Waals surface area (Å²) in [4.78, 5) is 0.979. The van der Waals surface area contributed by atoms with E-state index in [0.29, 0.717) is 6.42 Å². The average molecular weight is 315 g/mol. The molecule has 2 rings (SSSR count). The van der Waals surface area contributed by atoms with Crippen LogP contribution in [0.5, 0.6) is 0 Å². The van der Waals surface area contributed by atoms with E-state index in [-0.39, 0.29) is 0 Å². The molecule has 92 valence electrons. The molecule has 0 aliphatic heterocycles. The molecular weight excluding hydrogens is 300 g/mol. The summed E-state index contributed by atoms with van der Waals surface area (Å²) in [6, 6.07) is 1.96. The van der Waals surface area contributed by atoms with Crippen molar-refractivity contribution >= 4 is 27.3 Å². The molecule has 0 amide bonds. The minimum Gasteiger partial charge on any atom is -0.387 e. The summed E-state index contributed by atoms with van der Waals surface area (Å²) in [7, 11) is 1.93. The van der Waals surface area contributed by atoms with E-state index in [4.69, 9.17) is 0 Å². The van der Waals surface area contributed by atoms with E-state index in [1.807, 2.05) is 37.0 Å². The molecule has 2 aromatic rings. The third kappa shape index (κ3) is 2.46. The molecule has 1 atom stereocenters. The Bertz CT molecular complexity index is 533. The van der Waals surface area contributed by atoms with Gasteiger partial charge in [0.05, 0.1) is 11.8 Å². The maximum absolute atomic E-state index is 10.2. The van der Waals surface area contributed by atoms with Gasteiger partial charge in [0.1, 0.15) is 0 Å². The van der Waals surface area contributed by atoms with E-state index in [2.05, 4.69) is 21.0 Å². The molecule has 0 spiro atoms. The van der Waals surface area contributed by atoms with E-state index in [0.717, 1.165) is 26.3 Å². The van der Waals surface area contributed by atoms with Gasteiger partial charge in [-0.2, -0.15) is 5.10 Å². The summed E-state index contributed by atoms with van der Waals surface area (Å²) in [5, 5.41) is 16.6. The summed E-state index contributed by atoms with van der Waals surface area (Å²) in [5.74, 6) is 0. The Labute approximate surface area is 113 Å². The highest BCUT2D eigenvalue weighted by molar-refractivity contribution is 9.10. The van der Waals surface area contributed by atoms with Crippen molar-refractivity contribution in [2.24, 2.45) is 7.05 Å². The highest BCUT2D eigenvalue weighted by Crippen LogP contribution is 2.32. The van der Waals surface area contributed by atoms with Crippen LogP contribution in [0.3, 0.4) is 0 Å². The molecule has 0 radical (unpaired) electrons. The summed E-state index contributed by atoms with van der Waals surface area (Å²) in [6.07, 6.45) is 0.149. The van der Waals surface area contributed by atoms with Crippen molar-refractivity contribution in [2.75, 3.05) is 0 Å². The van der Waals surface area contributed by atoms with Gasteiger partial charge in [0, 0.05) is 28.5 Å². The lowest BCUT2D eigenvalue weighted by atomic mass is 10.1. The molecule has 2 heterocycles. The molecule has 1 unspecified atom stereocenters. The predicted octanol–water partition coefficient (Wildman–Crippen LogP) is 3.14. The molecule has 2 aromatic heterocycles. The quantitative estimate of drug-likeness (QED) is 0.945. The zero-order valence-corrected chi connectivity index (χ0v) is 12.5. The van der Waals surface area contributed by atoms with Crippen LogP contribution < -0.4 is 0 Å². The molecule has 0 aliphatic carbocycles. The van der Waals surface area contributed by atoms with Gasteiger partial charge in [-0.25, -0.2) is 0 Å². The zero-order valence-electron chi connectivity index (χ0n) is 10.1. The first kappa shape index (κ1) is 12.8. The second-order valence-corrected chi connectivity index (χ2v) is 5.93. The number of hydrogen-bond acceptors (Lipinski definition) is 3. The number of aromatic nitrogens is 2. The summed E-state index contributed by atoms with van der Waals surface area (Å²) >= 11 is 5.02. The van der Waals surface area contributed by atoms with E-state index in [1.54, 1.807) is 11.3 Å². The number of aryl methyl sites for hydroxylation is 2. The van der Waals surface area contributed by atoms with Gasteiger partial charge in [-0.3, -0.25) is 4.68 Å². The molecule has 0 bridgehead atoms. The Kier molecular flexibility index (Phi) is 3.70. The number of rotatable bonds is 3. The Balaban J connectivity index is 2.24. The number of aliphatic hydroxyl groups excluding tert-OH is 1. The minimum atomic E-state index is -0.467. The van der Waals surface area contributed by atoms with Crippen molar-refractivity contribution < 1.29 is 5.11 Å². The topological polar surface area (TPSA) is 38.0 Å². The zero-order chi connectivity index (χ0) is 12.6. The fourth-order valence-electron chi connectivity index (χ4n) is 1.94. The molecule has 0 aromatic carbocycles. The Hall–Kier alpha value is -0.650. The first-order chi connectivity index (χ1) is 8.00. The average Bonchev–Trinajstić information content (AvgIpc) is 2.78. The molecule has 0 saturated heterocycles. The SMILES string of the molecule is Cc1nn(C)c(C)c1CC(O)c1sccc1Br. The van der Waals surface area contributed by atoms with E-state index in [1.165, 1.54) is 0 Å². The monoisotopic (exact) mass is 314 g/mol. The van der Waals surface area contributed by atoms with Gasteiger partial charge in [-0.1, -0.05) is 0 Å². The Morgan fingerprint density at radius 1 is 1.53 bits per heavy atom. The maximum Gasteiger partial charge on any atom is 0.0934 e. The molecule has 17 heavy (non-hydrogen) atoms. The van der Waals surface area contributed by atoms with Crippen molar-refractivity contribution in [3.8, 4) is 0 Å². The lowest BCUT2D eigenvalue weighted by Crippen LogP contribution is -2.02. The standard InChI is InChI=1S/C12H15BrN2OS/c1-7-9(8(2)15(3)14-7)6-11(16)12-10(13)4-5-17-12/h4-5,11,16H,6H2,1-3H3. The smallest absolute Gasteiger partial charge is 0.0934 e. The van der Waals surface area contributed by atoms with E-state index in [9.17, 15) is 5.11 Å². The fraction of sp³-hybridized carbons (Fsp3) is 0.417. The van der Waals surface area contributed by atoms with Crippen molar-refractivity contribution in [3.05, 3.63) is 37.7 Å². The van der Waals surface area contributed by atoms with Gasteiger partial charge in [-0.15, -0.1) is 11.3 Å². The number of nitrogens with zero attached hydrogens (tertiary/aromatic N) is 2. The number of thiophene rings is 1. The third-order valence-corrected chi connectivity index (χ3v) is 4.98. The van der Waals surface area contributed by atoms with Crippen LogP contribution in [-0.2, 0) is 13.5 Å². The lowest BCUT2D eigenvalue weighted by molar-refractivity contribution is 0.181. The maximum atomic E-state index is 10.2. The van der Waals surface area contributed by atoms with Crippen LogP contribution in [0.4, 0.5) is 0 Å². The minimum absolute atomic E-state index is 0.467. The summed E-state index contributed by atoms with van der Waals surface area (Å²) in [6.45, 7) is 4.02. The highest BCUT2D eigenvalue weighted by Gasteiger charge is 2.18. The predicted molar refractivity (Wildman–Crippen MR) is 73.4 cm³/mol. The largest absolute Gasteiger partial charge is 0.387 e. The van der Waals surface area contributed by atoms with Gasteiger partial charge in [0.15, 0.2) is 0 Å². The molecule has 0 saturated carbocycles. The van der Waals surface area contributed by atoms with Crippen LogP contribution in [0.2, 0.25) is 0 Å². The van der Waals surface area contributed by atoms with Crippen molar-refractivity contribution in [3.63, 3.8) is 0 Å². The first-order valence-electron chi connectivity index (χ1n) is 5.40. The molecule has 0 fully saturated rings. The molecule has 5 heteroatoms. The van der Waals surface area contributed by atoms with E-state index >= 15 is 0 Å². The summed E-state index contributed by atoms with van der Waals surface area (Å²) in [5.41, 5.74) is 3.26. The lowest BCUT2D eigenvalue weighted by Gasteiger charge is -2.10. The van der Waals surface area contributed by atoms with Gasteiger partial charge in [0.2, 0.25) is 0 Å². The van der Waals surface area contributed by atoms with Crippen LogP contribution in [0.25, 0.3) is 0 Å². The van der Waals surface area contributed by atoms with E-state index < -0.39 is 6.10 Å². The first-order valence-corrected chi connectivity index (χ1v) is 7.08. The number of aliphatic hydroxyl groups is 1. The van der Waals surface area contributed by atoms with Crippen LogP contribution in [-0.4, -0.2) is 14.9 Å². The molecule has 1 N–H and O–H groups in total. The highest BCUT2D eigenvalue weighted by atomic mass is 79.9.